The van der Waals surface area contributed by atoms with E-state index in [1.54, 1.807) is 20.8 Å². The van der Waals surface area contributed by atoms with Crippen molar-refractivity contribution in [3.8, 4) is 17.2 Å². The second kappa shape index (κ2) is 10.5. The molecule has 2 aromatic carbocycles. The fraction of sp³-hybridized carbons (Fsp3) is 0.364. The molecule has 3 N–H and O–H groups in total. The first kappa shape index (κ1) is 25.9. The second-order valence-corrected chi connectivity index (χ2v) is 9.52. The van der Waals surface area contributed by atoms with E-state index in [0.29, 0.717) is 17.2 Å². The first-order chi connectivity index (χ1) is 15.4. The van der Waals surface area contributed by atoms with Crippen molar-refractivity contribution in [3.05, 3.63) is 42.0 Å². The molecule has 0 saturated heterocycles. The Morgan fingerprint density at radius 2 is 1.55 bits per heavy atom. The molecule has 0 aliphatic carbocycles. The van der Waals surface area contributed by atoms with E-state index in [-0.39, 0.29) is 35.3 Å². The van der Waals surface area contributed by atoms with Gasteiger partial charge in [0, 0.05) is 17.5 Å². The van der Waals surface area contributed by atoms with Gasteiger partial charge in [-0.15, -0.1) is 0 Å². The Kier molecular flexibility index (Phi) is 8.29. The number of primary sulfonamides is 1. The lowest BCUT2D eigenvalue weighted by molar-refractivity contribution is -0.123. The van der Waals surface area contributed by atoms with Gasteiger partial charge in [0.1, 0.15) is 19.0 Å². The molecule has 1 amide bonds. The molecule has 10 nitrogen and oxygen atoms in total. The van der Waals surface area contributed by atoms with Crippen molar-refractivity contribution in [3.63, 3.8) is 0 Å². The number of amides is 1. The van der Waals surface area contributed by atoms with Crippen molar-refractivity contribution in [2.75, 3.05) is 32.8 Å². The van der Waals surface area contributed by atoms with Crippen LogP contribution in [0.15, 0.2) is 41.3 Å². The molecule has 0 bridgehead atoms. The molecule has 180 valence electrons. The summed E-state index contributed by atoms with van der Waals surface area (Å²) in [6.45, 7) is 5.14. The van der Waals surface area contributed by atoms with E-state index < -0.39 is 21.4 Å². The minimum atomic E-state index is -3.79. The fourth-order valence-corrected chi connectivity index (χ4v) is 3.07. The van der Waals surface area contributed by atoms with Gasteiger partial charge in [-0.1, -0.05) is 20.8 Å². The van der Waals surface area contributed by atoms with Gasteiger partial charge in [0.05, 0.1) is 30.4 Å². The first-order valence-electron chi connectivity index (χ1n) is 9.87. The fourth-order valence-electron chi connectivity index (χ4n) is 2.56. The van der Waals surface area contributed by atoms with Crippen LogP contribution in [-0.4, -0.2) is 47.7 Å². The van der Waals surface area contributed by atoms with E-state index >= 15 is 0 Å². The monoisotopic (exact) mass is 480 g/mol. The quantitative estimate of drug-likeness (QED) is 0.412. The minimum Gasteiger partial charge on any atom is -0.493 e. The van der Waals surface area contributed by atoms with Gasteiger partial charge in [-0.05, 0) is 24.3 Å². The molecule has 0 aliphatic heterocycles. The van der Waals surface area contributed by atoms with E-state index in [9.17, 15) is 18.0 Å². The summed E-state index contributed by atoms with van der Waals surface area (Å²) in [5, 5.41) is 7.78. The van der Waals surface area contributed by atoms with E-state index in [0.717, 1.165) is 0 Å². The van der Waals surface area contributed by atoms with Crippen molar-refractivity contribution < 1.29 is 37.0 Å². The molecule has 0 fully saturated rings. The summed E-state index contributed by atoms with van der Waals surface area (Å²) >= 11 is 0. The predicted molar refractivity (Wildman–Crippen MR) is 121 cm³/mol. The lowest BCUT2D eigenvalue weighted by Gasteiger charge is -2.20. The lowest BCUT2D eigenvalue weighted by atomic mass is 9.95. The molecule has 0 unspecified atom stereocenters. The molecule has 11 heteroatoms. The van der Waals surface area contributed by atoms with Crippen LogP contribution in [-0.2, 0) is 19.6 Å². The molecule has 0 saturated carbocycles. The summed E-state index contributed by atoms with van der Waals surface area (Å²) in [6.07, 6.45) is 0. The topological polar surface area (TPSA) is 143 Å². The highest BCUT2D eigenvalue weighted by atomic mass is 32.2. The van der Waals surface area contributed by atoms with Crippen LogP contribution in [0.1, 0.15) is 31.1 Å². The maximum absolute atomic E-state index is 12.7. The van der Waals surface area contributed by atoms with Gasteiger partial charge in [0.2, 0.25) is 15.9 Å². The number of ether oxygens (including phenoxy) is 4. The number of hydrogen-bond acceptors (Lipinski definition) is 8. The number of anilines is 1. The third-order valence-electron chi connectivity index (χ3n) is 4.41. The summed E-state index contributed by atoms with van der Waals surface area (Å²) in [6, 6.07) is 8.41. The number of esters is 1. The number of nitrogens with two attached hydrogens (primary N) is 1. The molecule has 0 atom stereocenters. The largest absolute Gasteiger partial charge is 0.493 e. The van der Waals surface area contributed by atoms with Gasteiger partial charge in [-0.25, -0.2) is 18.4 Å². The zero-order valence-electron chi connectivity index (χ0n) is 19.1. The molecule has 0 heterocycles. The smallest absolute Gasteiger partial charge is 0.340 e. The molecule has 33 heavy (non-hydrogen) atoms. The number of nitrogens with one attached hydrogen (secondary N) is 1. The average molecular weight is 481 g/mol. The predicted octanol–water partition coefficient (Wildman–Crippen LogP) is 2.57. The molecule has 0 aromatic heterocycles. The van der Waals surface area contributed by atoms with Gasteiger partial charge >= 0.3 is 5.97 Å². The van der Waals surface area contributed by atoms with Gasteiger partial charge in [0.15, 0.2) is 11.5 Å². The standard InChI is InChI=1S/C22H28N2O8S/c1-22(2,3)21(26)24-17-13-19(30-5)18(29-4)12-16(17)20(25)32-11-10-31-14-6-8-15(9-7-14)33(23,27)28/h6-9,12-13H,10-11H2,1-5H3,(H,24,26)(H2,23,27,28). The molecule has 0 spiro atoms. The minimum absolute atomic E-state index is 0.0113. The number of methoxy groups -OCH3 is 2. The summed E-state index contributed by atoms with van der Waals surface area (Å²) < 4.78 is 43.8. The van der Waals surface area contributed by atoms with Crippen molar-refractivity contribution in [1.29, 1.82) is 0 Å². The molecular formula is C22H28N2O8S. The van der Waals surface area contributed by atoms with Crippen molar-refractivity contribution in [2.24, 2.45) is 10.6 Å². The van der Waals surface area contributed by atoms with Gasteiger partial charge < -0.3 is 24.3 Å². The number of carbonyl (C=O) groups excluding carboxylic acids is 2. The molecule has 2 rings (SSSR count). The number of sulfonamides is 1. The van der Waals surface area contributed by atoms with Crippen LogP contribution < -0.4 is 24.7 Å². The SMILES string of the molecule is COc1cc(NC(=O)C(C)(C)C)c(C(=O)OCCOc2ccc(S(N)(=O)=O)cc2)cc1OC. The Hall–Kier alpha value is -3.31. The number of rotatable bonds is 9. The Bertz CT molecular complexity index is 1110. The molecular weight excluding hydrogens is 452 g/mol. The Balaban J connectivity index is 2.10. The maximum Gasteiger partial charge on any atom is 0.340 e. The van der Waals surface area contributed by atoms with E-state index in [1.165, 1.54) is 50.6 Å². The van der Waals surface area contributed by atoms with Crippen LogP contribution in [0.2, 0.25) is 0 Å². The van der Waals surface area contributed by atoms with Crippen LogP contribution in [0.5, 0.6) is 17.2 Å². The van der Waals surface area contributed by atoms with E-state index in [4.69, 9.17) is 24.1 Å². The highest BCUT2D eigenvalue weighted by Crippen LogP contribution is 2.34. The Labute approximate surface area is 193 Å². The summed E-state index contributed by atoms with van der Waals surface area (Å²) in [7, 11) is -0.925. The molecule has 0 radical (unpaired) electrons. The van der Waals surface area contributed by atoms with Crippen molar-refractivity contribution in [2.45, 2.75) is 25.7 Å². The number of hydrogen-bond donors (Lipinski definition) is 2. The van der Waals surface area contributed by atoms with E-state index in [1.807, 2.05) is 0 Å². The van der Waals surface area contributed by atoms with Crippen LogP contribution in [0, 0.1) is 5.41 Å². The van der Waals surface area contributed by atoms with Crippen LogP contribution in [0.3, 0.4) is 0 Å². The normalized spacial score (nSPS) is 11.5. The van der Waals surface area contributed by atoms with Gasteiger partial charge in [0.25, 0.3) is 0 Å². The van der Waals surface area contributed by atoms with Crippen molar-refractivity contribution >= 4 is 27.6 Å². The van der Waals surface area contributed by atoms with Crippen LogP contribution in [0.25, 0.3) is 0 Å². The average Bonchev–Trinajstić information content (AvgIpc) is 2.75. The molecule has 0 aliphatic rings. The van der Waals surface area contributed by atoms with E-state index in [2.05, 4.69) is 5.32 Å². The Morgan fingerprint density at radius 1 is 0.970 bits per heavy atom. The zero-order valence-corrected chi connectivity index (χ0v) is 19.9. The van der Waals surface area contributed by atoms with Crippen molar-refractivity contribution in [1.82, 2.24) is 0 Å². The van der Waals surface area contributed by atoms with Crippen LogP contribution >= 0.6 is 0 Å². The second-order valence-electron chi connectivity index (χ2n) is 7.96. The van der Waals surface area contributed by atoms with Crippen LogP contribution in [0.4, 0.5) is 5.69 Å². The summed E-state index contributed by atoms with van der Waals surface area (Å²) in [5.41, 5.74) is -0.388. The lowest BCUT2D eigenvalue weighted by Crippen LogP contribution is -2.28. The third-order valence-corrected chi connectivity index (χ3v) is 5.34. The summed E-state index contributed by atoms with van der Waals surface area (Å²) in [5.74, 6) is 0.0139. The zero-order chi connectivity index (χ0) is 24.8. The third kappa shape index (κ3) is 7.09. The number of carbonyl (C=O) groups is 2. The molecule has 2 aromatic rings. The number of benzene rings is 2. The highest BCUT2D eigenvalue weighted by Gasteiger charge is 2.25. The van der Waals surface area contributed by atoms with Gasteiger partial charge in [-0.3, -0.25) is 4.79 Å². The highest BCUT2D eigenvalue weighted by molar-refractivity contribution is 7.89. The maximum atomic E-state index is 12.7. The Morgan fingerprint density at radius 3 is 2.06 bits per heavy atom. The first-order valence-corrected chi connectivity index (χ1v) is 11.4. The summed E-state index contributed by atoms with van der Waals surface area (Å²) in [4.78, 5) is 25.1. The van der Waals surface area contributed by atoms with Gasteiger partial charge in [-0.2, -0.15) is 0 Å².